The van der Waals surface area contributed by atoms with Crippen LogP contribution in [0.4, 0.5) is 13.2 Å². The van der Waals surface area contributed by atoms with Crippen molar-refractivity contribution in [2.75, 3.05) is 0 Å². The van der Waals surface area contributed by atoms with Crippen LogP contribution in [0.15, 0.2) is 30.6 Å². The molecule has 0 radical (unpaired) electrons. The Morgan fingerprint density at radius 1 is 1.06 bits per heavy atom. The zero-order chi connectivity index (χ0) is 23.4. The summed E-state index contributed by atoms with van der Waals surface area (Å²) in [4.78, 5) is 37.4. The molecule has 4 bridgehead atoms. The second-order valence-corrected chi connectivity index (χ2v) is 10.2. The number of hydrogen-bond donors (Lipinski definition) is 1. The molecule has 0 aromatic carbocycles. The number of carbonyl (C=O) groups excluding carboxylic acids is 2. The highest BCUT2D eigenvalue weighted by Crippen LogP contribution is 2.63. The minimum absolute atomic E-state index is 0.0238. The minimum atomic E-state index is -4.60. The maximum absolute atomic E-state index is 13.1. The van der Waals surface area contributed by atoms with Crippen molar-refractivity contribution in [3.05, 3.63) is 53.4 Å². The molecule has 4 aliphatic rings. The number of aryl methyl sites for hydroxylation is 1. The first-order valence-corrected chi connectivity index (χ1v) is 11.2. The van der Waals surface area contributed by atoms with Crippen molar-refractivity contribution in [2.45, 2.75) is 63.6 Å². The molecule has 0 spiro atoms. The number of aromatic nitrogens is 3. The molecule has 9 heteroatoms. The number of ketones is 1. The van der Waals surface area contributed by atoms with Crippen LogP contribution in [0.25, 0.3) is 0 Å². The number of carbonyl (C=O) groups is 2. The molecule has 4 saturated carbocycles. The molecule has 1 N–H and O–H groups in total. The molecule has 6 nitrogen and oxygen atoms in total. The summed E-state index contributed by atoms with van der Waals surface area (Å²) in [7, 11) is 0. The molecule has 0 saturated heterocycles. The van der Waals surface area contributed by atoms with Crippen LogP contribution in [0, 0.1) is 24.2 Å². The SMILES string of the molecule is Cc1cccc(C(=O)CC23CC4CC(C2)CC(NC(=O)c2cnc(C(F)(F)F)cn2)(C4)C3)n1. The van der Waals surface area contributed by atoms with Gasteiger partial charge in [0.15, 0.2) is 11.5 Å². The van der Waals surface area contributed by atoms with Crippen molar-refractivity contribution >= 4 is 11.7 Å². The zero-order valence-corrected chi connectivity index (χ0v) is 18.3. The van der Waals surface area contributed by atoms with E-state index in [1.165, 1.54) is 0 Å². The van der Waals surface area contributed by atoms with Crippen molar-refractivity contribution < 1.29 is 22.8 Å². The lowest BCUT2D eigenvalue weighted by atomic mass is 9.46. The van der Waals surface area contributed by atoms with Crippen molar-refractivity contribution in [3.63, 3.8) is 0 Å². The van der Waals surface area contributed by atoms with Gasteiger partial charge in [-0.1, -0.05) is 6.07 Å². The van der Waals surface area contributed by atoms with E-state index in [9.17, 15) is 22.8 Å². The largest absolute Gasteiger partial charge is 0.434 e. The van der Waals surface area contributed by atoms with Gasteiger partial charge in [-0.05, 0) is 74.8 Å². The number of halogens is 3. The highest BCUT2D eigenvalue weighted by atomic mass is 19.4. The average Bonchev–Trinajstić information content (AvgIpc) is 2.71. The molecular formula is C24H25F3N4O2. The van der Waals surface area contributed by atoms with Crippen LogP contribution in [-0.4, -0.2) is 32.2 Å². The lowest BCUT2D eigenvalue weighted by molar-refractivity contribution is -0.141. The fourth-order valence-corrected chi connectivity index (χ4v) is 6.83. The smallest absolute Gasteiger partial charge is 0.345 e. The molecule has 2 heterocycles. The Balaban J connectivity index is 1.34. The molecule has 4 fully saturated rings. The van der Waals surface area contributed by atoms with Crippen LogP contribution < -0.4 is 5.32 Å². The molecule has 0 aliphatic heterocycles. The Labute approximate surface area is 189 Å². The summed E-state index contributed by atoms with van der Waals surface area (Å²) in [5.41, 5.74) is -0.641. The van der Waals surface area contributed by atoms with E-state index in [0.29, 0.717) is 36.6 Å². The van der Waals surface area contributed by atoms with Gasteiger partial charge >= 0.3 is 6.18 Å². The third-order valence-electron chi connectivity index (χ3n) is 7.45. The van der Waals surface area contributed by atoms with Gasteiger partial charge in [0.05, 0.1) is 12.4 Å². The highest BCUT2D eigenvalue weighted by molar-refractivity contribution is 5.95. The van der Waals surface area contributed by atoms with Gasteiger partial charge in [-0.3, -0.25) is 14.6 Å². The van der Waals surface area contributed by atoms with E-state index >= 15 is 0 Å². The predicted molar refractivity (Wildman–Crippen MR) is 112 cm³/mol. The van der Waals surface area contributed by atoms with Crippen molar-refractivity contribution in [1.82, 2.24) is 20.3 Å². The maximum atomic E-state index is 13.1. The fourth-order valence-electron chi connectivity index (χ4n) is 6.83. The normalized spacial score (nSPS) is 30.3. The standard InChI is InChI=1S/C24H25F3N4O2/c1-14-3-2-4-17(30-14)19(32)10-22-6-15-5-16(7-22)9-23(8-15,13-22)31-21(33)18-11-29-20(12-28-18)24(25,26)27/h2-4,11-12,15-16H,5-10,13H2,1H3,(H,31,33). The average molecular weight is 458 g/mol. The summed E-state index contributed by atoms with van der Waals surface area (Å²) in [6.45, 7) is 1.86. The molecule has 2 aromatic heterocycles. The van der Waals surface area contributed by atoms with E-state index in [4.69, 9.17) is 0 Å². The Morgan fingerprint density at radius 3 is 2.39 bits per heavy atom. The number of pyridine rings is 1. The summed E-state index contributed by atoms with van der Waals surface area (Å²) < 4.78 is 38.3. The van der Waals surface area contributed by atoms with Gasteiger partial charge in [0.2, 0.25) is 0 Å². The molecule has 2 unspecified atom stereocenters. The number of rotatable bonds is 5. The number of nitrogens with one attached hydrogen (secondary N) is 1. The fraction of sp³-hybridized carbons (Fsp3) is 0.542. The number of alkyl halides is 3. The molecule has 33 heavy (non-hydrogen) atoms. The van der Waals surface area contributed by atoms with Gasteiger partial charge in [0.1, 0.15) is 11.4 Å². The molecule has 6 rings (SSSR count). The third kappa shape index (κ3) is 4.25. The van der Waals surface area contributed by atoms with E-state index in [0.717, 1.165) is 44.0 Å². The summed E-state index contributed by atoms with van der Waals surface area (Å²) in [6.07, 6.45) is 2.59. The summed E-state index contributed by atoms with van der Waals surface area (Å²) >= 11 is 0. The number of hydrogen-bond acceptors (Lipinski definition) is 5. The van der Waals surface area contributed by atoms with Crippen LogP contribution in [0.5, 0.6) is 0 Å². The Morgan fingerprint density at radius 2 is 1.79 bits per heavy atom. The van der Waals surface area contributed by atoms with Crippen molar-refractivity contribution in [2.24, 2.45) is 17.3 Å². The lowest BCUT2D eigenvalue weighted by Crippen LogP contribution is -2.63. The van der Waals surface area contributed by atoms with Crippen LogP contribution in [0.2, 0.25) is 0 Å². The van der Waals surface area contributed by atoms with Crippen LogP contribution in [0.3, 0.4) is 0 Å². The number of Topliss-reactive ketones (excluding diaryl/α,β-unsaturated/α-hetero) is 1. The number of nitrogens with zero attached hydrogens (tertiary/aromatic N) is 3. The molecule has 174 valence electrons. The molecule has 2 atom stereocenters. The van der Waals surface area contributed by atoms with E-state index in [1.54, 1.807) is 6.07 Å². The van der Waals surface area contributed by atoms with Gasteiger partial charge in [-0.15, -0.1) is 0 Å². The van der Waals surface area contributed by atoms with E-state index in [1.807, 2.05) is 19.1 Å². The predicted octanol–water partition coefficient (Wildman–Crippen LogP) is 4.54. The second kappa shape index (κ2) is 7.60. The summed E-state index contributed by atoms with van der Waals surface area (Å²) in [6, 6.07) is 5.44. The Kier molecular flexibility index (Phi) is 5.06. The zero-order valence-electron chi connectivity index (χ0n) is 18.3. The molecule has 1 amide bonds. The Bertz CT molecular complexity index is 1090. The first-order valence-electron chi connectivity index (χ1n) is 11.2. The van der Waals surface area contributed by atoms with Gasteiger partial charge in [0.25, 0.3) is 5.91 Å². The first kappa shape index (κ1) is 22.0. The van der Waals surface area contributed by atoms with Gasteiger partial charge in [-0.25, -0.2) is 9.97 Å². The van der Waals surface area contributed by atoms with Crippen molar-refractivity contribution in [3.8, 4) is 0 Å². The third-order valence-corrected chi connectivity index (χ3v) is 7.45. The lowest BCUT2D eigenvalue weighted by Gasteiger charge is -2.62. The van der Waals surface area contributed by atoms with Crippen molar-refractivity contribution in [1.29, 1.82) is 0 Å². The van der Waals surface area contributed by atoms with Crippen LogP contribution >= 0.6 is 0 Å². The van der Waals surface area contributed by atoms with Crippen LogP contribution in [-0.2, 0) is 6.18 Å². The second-order valence-electron chi connectivity index (χ2n) is 10.2. The summed E-state index contributed by atoms with van der Waals surface area (Å²) in [5, 5.41) is 3.10. The first-order chi connectivity index (χ1) is 15.5. The molecular weight excluding hydrogens is 433 g/mol. The highest BCUT2D eigenvalue weighted by Gasteiger charge is 2.58. The summed E-state index contributed by atoms with van der Waals surface area (Å²) in [5.74, 6) is 0.350. The monoisotopic (exact) mass is 458 g/mol. The van der Waals surface area contributed by atoms with E-state index in [-0.39, 0.29) is 16.9 Å². The van der Waals surface area contributed by atoms with Gasteiger partial charge in [0, 0.05) is 17.7 Å². The maximum Gasteiger partial charge on any atom is 0.434 e. The Hall–Kier alpha value is -2.84. The van der Waals surface area contributed by atoms with Crippen LogP contribution in [0.1, 0.15) is 77.3 Å². The topological polar surface area (TPSA) is 84.8 Å². The molecule has 4 aliphatic carbocycles. The molecule has 2 aromatic rings. The minimum Gasteiger partial charge on any atom is -0.345 e. The number of amides is 1. The van der Waals surface area contributed by atoms with Gasteiger partial charge < -0.3 is 5.32 Å². The van der Waals surface area contributed by atoms with E-state index in [2.05, 4.69) is 20.3 Å². The quantitative estimate of drug-likeness (QED) is 0.665. The van der Waals surface area contributed by atoms with Gasteiger partial charge in [-0.2, -0.15) is 13.2 Å². The van der Waals surface area contributed by atoms with E-state index < -0.39 is 23.3 Å².